The van der Waals surface area contributed by atoms with Gasteiger partial charge in [-0.15, -0.1) is 0 Å². The molecule has 31 heavy (non-hydrogen) atoms. The van der Waals surface area contributed by atoms with Crippen LogP contribution in [-0.2, 0) is 17.8 Å². The first-order valence-corrected chi connectivity index (χ1v) is 10.6. The summed E-state index contributed by atoms with van der Waals surface area (Å²) in [5.41, 5.74) is 4.23. The third-order valence-electron chi connectivity index (χ3n) is 5.35. The maximum absolute atomic E-state index is 13.0. The fourth-order valence-corrected chi connectivity index (χ4v) is 3.77. The van der Waals surface area contributed by atoms with Crippen LogP contribution < -0.4 is 15.4 Å². The van der Waals surface area contributed by atoms with Crippen LogP contribution in [0.25, 0.3) is 0 Å². The molecule has 1 aliphatic rings. The third-order valence-corrected chi connectivity index (χ3v) is 5.71. The zero-order valence-electron chi connectivity index (χ0n) is 17.2. The van der Waals surface area contributed by atoms with Crippen LogP contribution in [0.5, 0.6) is 5.75 Å². The summed E-state index contributed by atoms with van der Waals surface area (Å²) in [4.78, 5) is 24.5. The molecule has 6 heteroatoms. The molecule has 3 aromatic carbocycles. The molecular formula is C25H23ClN2O3. The van der Waals surface area contributed by atoms with E-state index in [1.165, 1.54) is 0 Å². The van der Waals surface area contributed by atoms with E-state index in [0.29, 0.717) is 29.2 Å². The lowest BCUT2D eigenvalue weighted by atomic mass is 9.97. The van der Waals surface area contributed by atoms with Gasteiger partial charge in [0.05, 0.1) is 11.6 Å². The van der Waals surface area contributed by atoms with Crippen molar-refractivity contribution in [2.45, 2.75) is 32.4 Å². The molecule has 4 rings (SSSR count). The lowest BCUT2D eigenvalue weighted by molar-refractivity contribution is -0.116. The van der Waals surface area contributed by atoms with E-state index >= 15 is 0 Å². The molecular weight excluding hydrogens is 412 g/mol. The van der Waals surface area contributed by atoms with Crippen molar-refractivity contribution in [3.8, 4) is 5.75 Å². The van der Waals surface area contributed by atoms with E-state index in [2.05, 4.69) is 10.6 Å². The van der Waals surface area contributed by atoms with Crippen molar-refractivity contribution < 1.29 is 14.3 Å². The van der Waals surface area contributed by atoms with Crippen molar-refractivity contribution in [1.29, 1.82) is 0 Å². The van der Waals surface area contributed by atoms with Crippen LogP contribution >= 0.6 is 11.6 Å². The van der Waals surface area contributed by atoms with Gasteiger partial charge >= 0.3 is 0 Å². The summed E-state index contributed by atoms with van der Waals surface area (Å²) in [5.74, 6) is 0.323. The Morgan fingerprint density at radius 3 is 2.71 bits per heavy atom. The van der Waals surface area contributed by atoms with Crippen LogP contribution in [-0.4, -0.2) is 11.8 Å². The summed E-state index contributed by atoms with van der Waals surface area (Å²) in [5, 5.41) is 6.55. The highest BCUT2D eigenvalue weighted by molar-refractivity contribution is 6.31. The topological polar surface area (TPSA) is 67.4 Å². The highest BCUT2D eigenvalue weighted by Crippen LogP contribution is 2.27. The fraction of sp³-hybridized carbons (Fsp3) is 0.200. The van der Waals surface area contributed by atoms with Gasteiger partial charge in [0.1, 0.15) is 12.4 Å². The Hall–Kier alpha value is -3.31. The number of ether oxygens (including phenoxy) is 1. The standard InChI is InChI=1S/C25H23ClN2O3/c1-16(17-10-12-22-18(14-17)11-13-24(29)28-22)27-25(30)20-7-3-5-9-23(20)31-15-19-6-2-4-8-21(19)26/h2-10,12,14,16H,11,13,15H2,1H3,(H,27,30)(H,28,29). The molecule has 1 unspecified atom stereocenters. The average Bonchev–Trinajstić information content (AvgIpc) is 2.78. The number of carbonyl (C=O) groups excluding carboxylic acids is 2. The van der Waals surface area contributed by atoms with Crippen molar-refractivity contribution >= 4 is 29.1 Å². The summed E-state index contributed by atoms with van der Waals surface area (Å²) in [6, 6.07) is 20.3. The molecule has 0 spiro atoms. The average molecular weight is 435 g/mol. The van der Waals surface area contributed by atoms with Gasteiger partial charge in [0.2, 0.25) is 5.91 Å². The second-order valence-corrected chi connectivity index (χ2v) is 7.94. The highest BCUT2D eigenvalue weighted by Gasteiger charge is 2.19. The van der Waals surface area contributed by atoms with E-state index < -0.39 is 0 Å². The Balaban J connectivity index is 1.46. The zero-order chi connectivity index (χ0) is 21.8. The van der Waals surface area contributed by atoms with Crippen LogP contribution in [0.2, 0.25) is 5.02 Å². The van der Waals surface area contributed by atoms with Gasteiger partial charge in [-0.05, 0) is 48.7 Å². The minimum absolute atomic E-state index is 0.0370. The van der Waals surface area contributed by atoms with E-state index in [9.17, 15) is 9.59 Å². The molecule has 1 atom stereocenters. The lowest BCUT2D eigenvalue weighted by Gasteiger charge is -2.21. The number of halogens is 1. The normalized spacial score (nSPS) is 13.7. The van der Waals surface area contributed by atoms with Crippen LogP contribution in [0.3, 0.4) is 0 Å². The first kappa shape index (κ1) is 20.9. The van der Waals surface area contributed by atoms with Gasteiger partial charge in [-0.2, -0.15) is 0 Å². The monoisotopic (exact) mass is 434 g/mol. The SMILES string of the molecule is CC(NC(=O)c1ccccc1OCc1ccccc1Cl)c1ccc2c(c1)CCC(=O)N2. The summed E-state index contributed by atoms with van der Waals surface area (Å²) in [7, 11) is 0. The van der Waals surface area contributed by atoms with Crippen LogP contribution in [0.1, 0.15) is 46.4 Å². The summed E-state index contributed by atoms with van der Waals surface area (Å²) < 4.78 is 5.91. The second-order valence-electron chi connectivity index (χ2n) is 7.54. The number of hydrogen-bond acceptors (Lipinski definition) is 3. The number of amides is 2. The molecule has 0 aliphatic carbocycles. The second kappa shape index (κ2) is 9.23. The number of para-hydroxylation sites is 1. The molecule has 1 heterocycles. The van der Waals surface area contributed by atoms with Crippen molar-refractivity contribution in [2.24, 2.45) is 0 Å². The van der Waals surface area contributed by atoms with E-state index in [1.54, 1.807) is 12.1 Å². The summed E-state index contributed by atoms with van der Waals surface area (Å²) in [6.07, 6.45) is 1.18. The number of fused-ring (bicyclic) bond motifs is 1. The molecule has 1 aliphatic heterocycles. The highest BCUT2D eigenvalue weighted by atomic mass is 35.5. The smallest absolute Gasteiger partial charge is 0.255 e. The number of hydrogen-bond donors (Lipinski definition) is 2. The number of benzene rings is 3. The number of anilines is 1. The van der Waals surface area contributed by atoms with Gasteiger partial charge in [0, 0.05) is 22.7 Å². The molecule has 0 fully saturated rings. The molecule has 158 valence electrons. The molecule has 0 saturated carbocycles. The largest absolute Gasteiger partial charge is 0.488 e. The van der Waals surface area contributed by atoms with Crippen molar-refractivity contribution in [2.75, 3.05) is 5.32 Å². The Kier molecular flexibility index (Phi) is 6.23. The molecule has 0 radical (unpaired) electrons. The molecule has 0 aromatic heterocycles. The van der Waals surface area contributed by atoms with Crippen molar-refractivity contribution in [3.63, 3.8) is 0 Å². The molecule has 2 amide bonds. The maximum atomic E-state index is 13.0. The third kappa shape index (κ3) is 4.89. The maximum Gasteiger partial charge on any atom is 0.255 e. The van der Waals surface area contributed by atoms with Gasteiger partial charge in [0.25, 0.3) is 5.91 Å². The van der Waals surface area contributed by atoms with Gasteiger partial charge < -0.3 is 15.4 Å². The Labute approximate surface area is 186 Å². The summed E-state index contributed by atoms with van der Waals surface area (Å²) >= 11 is 6.21. The van der Waals surface area contributed by atoms with Gasteiger partial charge in [-0.3, -0.25) is 9.59 Å². The lowest BCUT2D eigenvalue weighted by Crippen LogP contribution is -2.27. The number of carbonyl (C=O) groups is 2. The predicted octanol–water partition coefficient (Wildman–Crippen LogP) is 5.29. The molecule has 0 bridgehead atoms. The number of aryl methyl sites for hydroxylation is 1. The van der Waals surface area contributed by atoms with E-state index in [-0.39, 0.29) is 24.5 Å². The molecule has 2 N–H and O–H groups in total. The first-order valence-electron chi connectivity index (χ1n) is 10.2. The predicted molar refractivity (Wildman–Crippen MR) is 121 cm³/mol. The van der Waals surface area contributed by atoms with E-state index in [0.717, 1.165) is 22.4 Å². The minimum atomic E-state index is -0.215. The number of rotatable bonds is 6. The Morgan fingerprint density at radius 2 is 1.87 bits per heavy atom. The van der Waals surface area contributed by atoms with Gasteiger partial charge in [-0.1, -0.05) is 54.1 Å². The van der Waals surface area contributed by atoms with Crippen LogP contribution in [0.15, 0.2) is 66.7 Å². The summed E-state index contributed by atoms with van der Waals surface area (Å²) in [6.45, 7) is 2.21. The first-order chi connectivity index (χ1) is 15.0. The molecule has 0 saturated heterocycles. The zero-order valence-corrected chi connectivity index (χ0v) is 17.9. The molecule has 3 aromatic rings. The van der Waals surface area contributed by atoms with Crippen molar-refractivity contribution in [1.82, 2.24) is 5.32 Å². The quantitative estimate of drug-likeness (QED) is 0.553. The molecule has 5 nitrogen and oxygen atoms in total. The number of nitrogens with one attached hydrogen (secondary N) is 2. The van der Waals surface area contributed by atoms with Crippen LogP contribution in [0.4, 0.5) is 5.69 Å². The minimum Gasteiger partial charge on any atom is -0.488 e. The van der Waals surface area contributed by atoms with Gasteiger partial charge in [-0.25, -0.2) is 0 Å². The van der Waals surface area contributed by atoms with Crippen LogP contribution in [0, 0.1) is 0 Å². The van der Waals surface area contributed by atoms with E-state index in [1.807, 2.05) is 61.5 Å². The fourth-order valence-electron chi connectivity index (χ4n) is 3.58. The Morgan fingerprint density at radius 1 is 1.10 bits per heavy atom. The van der Waals surface area contributed by atoms with E-state index in [4.69, 9.17) is 16.3 Å². The Bertz CT molecular complexity index is 1130. The van der Waals surface area contributed by atoms with Gasteiger partial charge in [0.15, 0.2) is 0 Å². The van der Waals surface area contributed by atoms with Crippen molar-refractivity contribution in [3.05, 3.63) is 94.0 Å².